The summed E-state index contributed by atoms with van der Waals surface area (Å²) in [5, 5.41) is 17.5. The van der Waals surface area contributed by atoms with Crippen LogP contribution >= 0.6 is 0 Å². The van der Waals surface area contributed by atoms with Crippen LogP contribution in [0.25, 0.3) is 0 Å². The van der Waals surface area contributed by atoms with E-state index >= 15 is 0 Å². The Labute approximate surface area is 76.7 Å². The zero-order valence-electron chi connectivity index (χ0n) is 7.22. The summed E-state index contributed by atoms with van der Waals surface area (Å²) in [6.07, 6.45) is 4.21. The van der Waals surface area contributed by atoms with E-state index in [1.54, 1.807) is 17.2 Å². The van der Waals surface area contributed by atoms with E-state index in [0.29, 0.717) is 19.0 Å². The Bertz CT molecular complexity index is 224. The molecule has 0 aliphatic carbocycles. The maximum atomic E-state index is 8.74. The highest BCUT2D eigenvalue weighted by Gasteiger charge is 2.06. The molecular formula is C8H12N3O2. The third-order valence-corrected chi connectivity index (χ3v) is 1.53. The SMILES string of the molecule is OCCN(CCO)c1n[c]ccn1. The maximum Gasteiger partial charge on any atom is 0.226 e. The predicted molar refractivity (Wildman–Crippen MR) is 47.3 cm³/mol. The van der Waals surface area contributed by atoms with Gasteiger partial charge in [0.1, 0.15) is 0 Å². The zero-order valence-corrected chi connectivity index (χ0v) is 7.22. The molecular weight excluding hydrogens is 170 g/mol. The number of hydrogen-bond acceptors (Lipinski definition) is 5. The molecule has 1 heterocycles. The fraction of sp³-hybridized carbons (Fsp3) is 0.500. The Hall–Kier alpha value is -1.20. The van der Waals surface area contributed by atoms with Crippen molar-refractivity contribution < 1.29 is 10.2 Å². The summed E-state index contributed by atoms with van der Waals surface area (Å²) in [6, 6.07) is 1.60. The highest BCUT2D eigenvalue weighted by atomic mass is 16.3. The van der Waals surface area contributed by atoms with Crippen molar-refractivity contribution in [2.24, 2.45) is 0 Å². The van der Waals surface area contributed by atoms with Gasteiger partial charge < -0.3 is 15.1 Å². The van der Waals surface area contributed by atoms with Crippen LogP contribution in [-0.4, -0.2) is 46.5 Å². The number of rotatable bonds is 5. The highest BCUT2D eigenvalue weighted by Crippen LogP contribution is 2.02. The molecule has 1 radical (unpaired) electrons. The third-order valence-electron chi connectivity index (χ3n) is 1.53. The van der Waals surface area contributed by atoms with E-state index < -0.39 is 0 Å². The second kappa shape index (κ2) is 5.45. The first-order chi connectivity index (χ1) is 6.38. The minimum Gasteiger partial charge on any atom is -0.395 e. The van der Waals surface area contributed by atoms with E-state index in [1.165, 1.54) is 0 Å². The molecule has 0 bridgehead atoms. The van der Waals surface area contributed by atoms with E-state index in [2.05, 4.69) is 16.2 Å². The van der Waals surface area contributed by atoms with Gasteiger partial charge >= 0.3 is 0 Å². The second-order valence-electron chi connectivity index (χ2n) is 2.42. The number of aliphatic hydroxyl groups excluding tert-OH is 2. The van der Waals surface area contributed by atoms with Crippen LogP contribution in [0, 0.1) is 6.20 Å². The Morgan fingerprint density at radius 1 is 1.31 bits per heavy atom. The molecule has 1 rings (SSSR count). The summed E-state index contributed by atoms with van der Waals surface area (Å²) in [4.78, 5) is 9.55. The van der Waals surface area contributed by atoms with Gasteiger partial charge in [0.2, 0.25) is 5.95 Å². The van der Waals surface area contributed by atoms with Crippen LogP contribution in [0.1, 0.15) is 0 Å². The van der Waals surface area contributed by atoms with Crippen molar-refractivity contribution in [2.45, 2.75) is 0 Å². The van der Waals surface area contributed by atoms with Gasteiger partial charge in [0.05, 0.1) is 19.4 Å². The summed E-state index contributed by atoms with van der Waals surface area (Å²) in [7, 11) is 0. The molecule has 71 valence electrons. The van der Waals surface area contributed by atoms with Crippen LogP contribution in [0.5, 0.6) is 0 Å². The lowest BCUT2D eigenvalue weighted by molar-refractivity contribution is 0.280. The van der Waals surface area contributed by atoms with Crippen LogP contribution in [0.2, 0.25) is 0 Å². The lowest BCUT2D eigenvalue weighted by Gasteiger charge is -2.19. The summed E-state index contributed by atoms with van der Waals surface area (Å²) in [5.74, 6) is 0.477. The van der Waals surface area contributed by atoms with E-state index in [-0.39, 0.29) is 13.2 Å². The maximum absolute atomic E-state index is 8.74. The van der Waals surface area contributed by atoms with Gasteiger partial charge in [-0.25, -0.2) is 9.97 Å². The van der Waals surface area contributed by atoms with Gasteiger partial charge in [-0.05, 0) is 6.07 Å². The molecule has 1 aromatic rings. The molecule has 5 heteroatoms. The number of nitrogens with zero attached hydrogens (tertiary/aromatic N) is 3. The van der Waals surface area contributed by atoms with Gasteiger partial charge in [0.25, 0.3) is 0 Å². The molecule has 1 aromatic heterocycles. The number of aromatic nitrogens is 2. The average molecular weight is 182 g/mol. The molecule has 0 amide bonds. The topological polar surface area (TPSA) is 69.5 Å². The number of aliphatic hydroxyl groups is 2. The standard InChI is InChI=1S/C8H12N3O2/c12-6-4-11(5-7-13)8-9-2-1-3-10-8/h1-2,12-13H,4-7H2. The molecule has 0 atom stereocenters. The first-order valence-electron chi connectivity index (χ1n) is 4.04. The van der Waals surface area contributed by atoms with Crippen molar-refractivity contribution in [2.75, 3.05) is 31.2 Å². The lowest BCUT2D eigenvalue weighted by Crippen LogP contribution is -2.31. The van der Waals surface area contributed by atoms with Gasteiger partial charge in [-0.1, -0.05) is 0 Å². The Morgan fingerprint density at radius 2 is 2.00 bits per heavy atom. The Kier molecular flexibility index (Phi) is 4.14. The normalized spacial score (nSPS) is 10.0. The molecule has 0 unspecified atom stereocenters. The van der Waals surface area contributed by atoms with E-state index in [9.17, 15) is 0 Å². The van der Waals surface area contributed by atoms with Crippen molar-refractivity contribution in [1.82, 2.24) is 9.97 Å². The molecule has 13 heavy (non-hydrogen) atoms. The molecule has 0 aromatic carbocycles. The van der Waals surface area contributed by atoms with Gasteiger partial charge in [-0.3, -0.25) is 0 Å². The summed E-state index contributed by atoms with van der Waals surface area (Å²) < 4.78 is 0. The summed E-state index contributed by atoms with van der Waals surface area (Å²) in [6.45, 7) is 0.854. The van der Waals surface area contributed by atoms with Gasteiger partial charge in [-0.15, -0.1) is 0 Å². The fourth-order valence-electron chi connectivity index (χ4n) is 0.967. The molecule has 0 saturated heterocycles. The quantitative estimate of drug-likeness (QED) is 0.615. The summed E-state index contributed by atoms with van der Waals surface area (Å²) in [5.41, 5.74) is 0. The molecule has 0 aliphatic rings. The van der Waals surface area contributed by atoms with E-state index in [1.807, 2.05) is 0 Å². The minimum atomic E-state index is 0.0122. The van der Waals surface area contributed by atoms with E-state index in [4.69, 9.17) is 10.2 Å². The first-order valence-corrected chi connectivity index (χ1v) is 4.04. The van der Waals surface area contributed by atoms with Gasteiger partial charge in [0.15, 0.2) is 0 Å². The van der Waals surface area contributed by atoms with Crippen molar-refractivity contribution >= 4 is 5.95 Å². The molecule has 0 spiro atoms. The molecule has 5 nitrogen and oxygen atoms in total. The van der Waals surface area contributed by atoms with Crippen molar-refractivity contribution in [3.8, 4) is 0 Å². The van der Waals surface area contributed by atoms with Crippen LogP contribution in [-0.2, 0) is 0 Å². The van der Waals surface area contributed by atoms with Crippen LogP contribution in [0.4, 0.5) is 5.95 Å². The number of anilines is 1. The van der Waals surface area contributed by atoms with E-state index in [0.717, 1.165) is 0 Å². The molecule has 0 aliphatic heterocycles. The molecule has 0 saturated carbocycles. The lowest BCUT2D eigenvalue weighted by atomic mass is 10.5. The van der Waals surface area contributed by atoms with Crippen LogP contribution in [0.3, 0.4) is 0 Å². The fourth-order valence-corrected chi connectivity index (χ4v) is 0.967. The van der Waals surface area contributed by atoms with Crippen LogP contribution < -0.4 is 4.90 Å². The van der Waals surface area contributed by atoms with Crippen molar-refractivity contribution in [3.63, 3.8) is 0 Å². The average Bonchev–Trinajstić information content (AvgIpc) is 2.19. The Morgan fingerprint density at radius 3 is 2.46 bits per heavy atom. The molecule has 0 fully saturated rings. The van der Waals surface area contributed by atoms with Crippen LogP contribution in [0.15, 0.2) is 12.3 Å². The summed E-state index contributed by atoms with van der Waals surface area (Å²) >= 11 is 0. The minimum absolute atomic E-state index is 0.0122. The second-order valence-corrected chi connectivity index (χ2v) is 2.42. The number of hydrogen-bond donors (Lipinski definition) is 2. The van der Waals surface area contributed by atoms with Crippen molar-refractivity contribution in [1.29, 1.82) is 0 Å². The van der Waals surface area contributed by atoms with Crippen molar-refractivity contribution in [3.05, 3.63) is 18.5 Å². The monoisotopic (exact) mass is 182 g/mol. The zero-order chi connectivity index (χ0) is 9.52. The highest BCUT2D eigenvalue weighted by molar-refractivity contribution is 5.27. The smallest absolute Gasteiger partial charge is 0.226 e. The van der Waals surface area contributed by atoms with Gasteiger partial charge in [-0.2, -0.15) is 0 Å². The largest absolute Gasteiger partial charge is 0.395 e. The Balaban J connectivity index is 2.64. The first kappa shape index (κ1) is 9.88. The molecule has 2 N–H and O–H groups in total. The predicted octanol–water partition coefficient (Wildman–Crippen LogP) is -0.932. The van der Waals surface area contributed by atoms with Gasteiger partial charge in [0, 0.05) is 19.3 Å². The third kappa shape index (κ3) is 2.96.